The number of rotatable bonds is 8. The summed E-state index contributed by atoms with van der Waals surface area (Å²) in [7, 11) is 0. The van der Waals surface area contributed by atoms with Gasteiger partial charge in [0, 0.05) is 13.1 Å². The average molecular weight is 264 g/mol. The summed E-state index contributed by atoms with van der Waals surface area (Å²) in [5.41, 5.74) is 6.38. The lowest BCUT2D eigenvalue weighted by Crippen LogP contribution is -2.33. The van der Waals surface area contributed by atoms with Crippen LogP contribution in [0.25, 0.3) is 0 Å². The van der Waals surface area contributed by atoms with E-state index in [1.807, 2.05) is 23.1 Å². The second kappa shape index (κ2) is 8.40. The molecule has 0 aliphatic heterocycles. The number of para-hydroxylation sites is 2. The molecule has 0 atom stereocenters. The van der Waals surface area contributed by atoms with E-state index in [2.05, 4.69) is 13.8 Å². The number of carbonyl (C=O) groups is 1. The number of nitrogen functional groups attached to an aromatic ring is 1. The summed E-state index contributed by atoms with van der Waals surface area (Å²) >= 11 is 0. The van der Waals surface area contributed by atoms with Crippen molar-refractivity contribution in [3.05, 3.63) is 24.3 Å². The third-order valence-electron chi connectivity index (χ3n) is 2.83. The summed E-state index contributed by atoms with van der Waals surface area (Å²) in [5, 5.41) is 0. The van der Waals surface area contributed by atoms with Gasteiger partial charge in [-0.1, -0.05) is 26.0 Å². The molecule has 4 heteroatoms. The van der Waals surface area contributed by atoms with E-state index in [0.717, 1.165) is 25.9 Å². The van der Waals surface area contributed by atoms with Gasteiger partial charge in [-0.05, 0) is 25.0 Å². The van der Waals surface area contributed by atoms with Crippen LogP contribution in [0.5, 0.6) is 5.75 Å². The predicted octanol–water partition coefficient (Wildman–Crippen LogP) is 2.69. The fourth-order valence-corrected chi connectivity index (χ4v) is 1.92. The predicted molar refractivity (Wildman–Crippen MR) is 78.1 cm³/mol. The highest BCUT2D eigenvalue weighted by Crippen LogP contribution is 2.19. The Hall–Kier alpha value is -1.71. The van der Waals surface area contributed by atoms with Crippen LogP contribution in [-0.4, -0.2) is 30.5 Å². The van der Waals surface area contributed by atoms with Crippen molar-refractivity contribution in [1.82, 2.24) is 4.90 Å². The molecular formula is C15H24N2O2. The Kier molecular flexibility index (Phi) is 6.79. The molecule has 0 unspecified atom stereocenters. The zero-order valence-corrected chi connectivity index (χ0v) is 11.9. The Morgan fingerprint density at radius 2 is 1.84 bits per heavy atom. The second-order valence-electron chi connectivity index (χ2n) is 4.52. The zero-order valence-electron chi connectivity index (χ0n) is 11.9. The Morgan fingerprint density at radius 1 is 1.21 bits per heavy atom. The highest BCUT2D eigenvalue weighted by atomic mass is 16.5. The van der Waals surface area contributed by atoms with Crippen LogP contribution < -0.4 is 10.5 Å². The summed E-state index contributed by atoms with van der Waals surface area (Å²) in [6, 6.07) is 7.33. The van der Waals surface area contributed by atoms with Crippen LogP contribution >= 0.6 is 0 Å². The first-order valence-electron chi connectivity index (χ1n) is 6.94. The molecule has 0 fully saturated rings. The van der Waals surface area contributed by atoms with E-state index in [9.17, 15) is 4.79 Å². The lowest BCUT2D eigenvalue weighted by atomic mass is 10.3. The van der Waals surface area contributed by atoms with Crippen LogP contribution in [0, 0.1) is 0 Å². The van der Waals surface area contributed by atoms with Crippen molar-refractivity contribution in [2.45, 2.75) is 33.1 Å². The maximum Gasteiger partial charge on any atom is 0.225 e. The Morgan fingerprint density at radius 3 is 2.42 bits per heavy atom. The zero-order chi connectivity index (χ0) is 14.1. The first kappa shape index (κ1) is 15.3. The molecule has 106 valence electrons. The van der Waals surface area contributed by atoms with Crippen LogP contribution in [0.3, 0.4) is 0 Å². The smallest absolute Gasteiger partial charge is 0.225 e. The molecule has 0 bridgehead atoms. The van der Waals surface area contributed by atoms with Gasteiger partial charge >= 0.3 is 0 Å². The van der Waals surface area contributed by atoms with E-state index >= 15 is 0 Å². The van der Waals surface area contributed by atoms with Gasteiger partial charge in [-0.2, -0.15) is 0 Å². The summed E-state index contributed by atoms with van der Waals surface area (Å²) in [6.45, 7) is 6.17. The van der Waals surface area contributed by atoms with Gasteiger partial charge in [0.2, 0.25) is 5.91 Å². The Labute approximate surface area is 115 Å². The van der Waals surface area contributed by atoms with Crippen molar-refractivity contribution in [2.75, 3.05) is 25.4 Å². The number of nitrogens with zero attached hydrogens (tertiary/aromatic N) is 1. The van der Waals surface area contributed by atoms with Crippen LogP contribution in [0.2, 0.25) is 0 Å². The molecule has 0 aliphatic carbocycles. The molecule has 0 saturated carbocycles. The summed E-state index contributed by atoms with van der Waals surface area (Å²) < 4.78 is 5.54. The average Bonchev–Trinajstić information content (AvgIpc) is 2.40. The third-order valence-corrected chi connectivity index (χ3v) is 2.83. The monoisotopic (exact) mass is 264 g/mol. The molecule has 0 heterocycles. The normalized spacial score (nSPS) is 10.2. The summed E-state index contributed by atoms with van der Waals surface area (Å²) in [6.07, 6.45) is 2.37. The molecule has 1 aromatic rings. The molecule has 4 nitrogen and oxygen atoms in total. The Balaban J connectivity index is 2.39. The first-order valence-corrected chi connectivity index (χ1v) is 6.94. The van der Waals surface area contributed by atoms with Crippen molar-refractivity contribution < 1.29 is 9.53 Å². The van der Waals surface area contributed by atoms with Crippen molar-refractivity contribution >= 4 is 11.6 Å². The molecular weight excluding hydrogens is 240 g/mol. The van der Waals surface area contributed by atoms with E-state index in [0.29, 0.717) is 24.5 Å². The van der Waals surface area contributed by atoms with Crippen molar-refractivity contribution in [3.63, 3.8) is 0 Å². The van der Waals surface area contributed by atoms with Gasteiger partial charge in [-0.15, -0.1) is 0 Å². The fraction of sp³-hybridized carbons (Fsp3) is 0.533. The van der Waals surface area contributed by atoms with Gasteiger partial charge < -0.3 is 15.4 Å². The minimum absolute atomic E-state index is 0.151. The van der Waals surface area contributed by atoms with Gasteiger partial charge in [0.1, 0.15) is 5.75 Å². The molecule has 1 rings (SSSR count). The number of hydrogen-bond donors (Lipinski definition) is 1. The van der Waals surface area contributed by atoms with Crippen molar-refractivity contribution in [3.8, 4) is 5.75 Å². The SMILES string of the molecule is CCCN(CCC)C(=O)CCOc1ccccc1N. The van der Waals surface area contributed by atoms with E-state index in [1.54, 1.807) is 6.07 Å². The molecule has 0 aromatic heterocycles. The van der Waals surface area contributed by atoms with Crippen molar-refractivity contribution in [2.24, 2.45) is 0 Å². The quantitative estimate of drug-likeness (QED) is 0.734. The molecule has 0 radical (unpaired) electrons. The van der Waals surface area contributed by atoms with Crippen LogP contribution in [-0.2, 0) is 4.79 Å². The lowest BCUT2D eigenvalue weighted by Gasteiger charge is -2.21. The van der Waals surface area contributed by atoms with Crippen LogP contribution in [0.15, 0.2) is 24.3 Å². The first-order chi connectivity index (χ1) is 9.19. The van der Waals surface area contributed by atoms with Gasteiger partial charge in [-0.3, -0.25) is 4.79 Å². The summed E-state index contributed by atoms with van der Waals surface area (Å²) in [4.78, 5) is 13.9. The fourth-order valence-electron chi connectivity index (χ4n) is 1.92. The molecule has 1 amide bonds. The van der Waals surface area contributed by atoms with Gasteiger partial charge in [0.15, 0.2) is 0 Å². The topological polar surface area (TPSA) is 55.6 Å². The molecule has 19 heavy (non-hydrogen) atoms. The molecule has 0 saturated heterocycles. The van der Waals surface area contributed by atoms with E-state index in [4.69, 9.17) is 10.5 Å². The van der Waals surface area contributed by atoms with E-state index < -0.39 is 0 Å². The van der Waals surface area contributed by atoms with Gasteiger partial charge in [0.05, 0.1) is 18.7 Å². The number of benzene rings is 1. The highest BCUT2D eigenvalue weighted by Gasteiger charge is 2.11. The van der Waals surface area contributed by atoms with Gasteiger partial charge in [0.25, 0.3) is 0 Å². The van der Waals surface area contributed by atoms with E-state index in [1.165, 1.54) is 0 Å². The van der Waals surface area contributed by atoms with Crippen molar-refractivity contribution in [1.29, 1.82) is 0 Å². The van der Waals surface area contributed by atoms with Crippen LogP contribution in [0.1, 0.15) is 33.1 Å². The standard InChI is InChI=1S/C15H24N2O2/c1-3-10-17(11-4-2)15(18)9-12-19-14-8-6-5-7-13(14)16/h5-8H,3-4,9-12,16H2,1-2H3. The maximum atomic E-state index is 12.0. The molecule has 1 aromatic carbocycles. The number of anilines is 1. The number of carbonyl (C=O) groups excluding carboxylic acids is 1. The highest BCUT2D eigenvalue weighted by molar-refractivity contribution is 5.76. The minimum Gasteiger partial charge on any atom is -0.491 e. The maximum absolute atomic E-state index is 12.0. The minimum atomic E-state index is 0.151. The van der Waals surface area contributed by atoms with E-state index in [-0.39, 0.29) is 5.91 Å². The number of ether oxygens (including phenoxy) is 1. The lowest BCUT2D eigenvalue weighted by molar-refractivity contribution is -0.131. The summed E-state index contributed by atoms with van der Waals surface area (Å²) in [5.74, 6) is 0.797. The number of nitrogens with two attached hydrogens (primary N) is 1. The number of hydrogen-bond acceptors (Lipinski definition) is 3. The van der Waals surface area contributed by atoms with Gasteiger partial charge in [-0.25, -0.2) is 0 Å². The number of amides is 1. The second-order valence-corrected chi connectivity index (χ2v) is 4.52. The van der Waals surface area contributed by atoms with Crippen LogP contribution in [0.4, 0.5) is 5.69 Å². The molecule has 0 aliphatic rings. The molecule has 2 N–H and O–H groups in total. The third kappa shape index (κ3) is 5.20. The molecule has 0 spiro atoms. The Bertz CT molecular complexity index is 387. The largest absolute Gasteiger partial charge is 0.491 e.